The Morgan fingerprint density at radius 2 is 1.86 bits per heavy atom. The number of anilines is 1. The lowest BCUT2D eigenvalue weighted by Gasteiger charge is -2.19. The number of benzene rings is 2. The highest BCUT2D eigenvalue weighted by Gasteiger charge is 2.22. The summed E-state index contributed by atoms with van der Waals surface area (Å²) in [5.74, 6) is 0.467. The minimum Gasteiger partial charge on any atom is -0.467 e. The highest BCUT2D eigenvalue weighted by Crippen LogP contribution is 2.30. The van der Waals surface area contributed by atoms with Gasteiger partial charge in [-0.2, -0.15) is 0 Å². The Morgan fingerprint density at radius 1 is 1.04 bits per heavy atom. The lowest BCUT2D eigenvalue weighted by Crippen LogP contribution is -2.30. The van der Waals surface area contributed by atoms with Crippen LogP contribution in [-0.2, 0) is 6.54 Å². The van der Waals surface area contributed by atoms with Crippen molar-refractivity contribution in [2.45, 2.75) is 6.54 Å². The van der Waals surface area contributed by atoms with Gasteiger partial charge < -0.3 is 4.42 Å². The molecule has 2 heterocycles. The van der Waals surface area contributed by atoms with Crippen molar-refractivity contribution in [3.8, 4) is 11.3 Å². The van der Waals surface area contributed by atoms with E-state index in [9.17, 15) is 4.79 Å². The highest BCUT2D eigenvalue weighted by molar-refractivity contribution is 7.14. The van der Waals surface area contributed by atoms with Gasteiger partial charge in [0.25, 0.3) is 5.91 Å². The number of carbonyl (C=O) groups excluding carboxylic acids is 1. The van der Waals surface area contributed by atoms with Gasteiger partial charge in [0, 0.05) is 26.6 Å². The molecule has 0 aliphatic rings. The molecule has 2 aromatic carbocycles. The third-order valence-corrected chi connectivity index (χ3v) is 5.42. The third kappa shape index (κ3) is 4.12. The Labute approximate surface area is 176 Å². The maximum absolute atomic E-state index is 13.2. The van der Waals surface area contributed by atoms with E-state index in [-0.39, 0.29) is 12.5 Å². The van der Waals surface area contributed by atoms with E-state index < -0.39 is 0 Å². The van der Waals surface area contributed by atoms with Crippen molar-refractivity contribution in [1.82, 2.24) is 4.98 Å². The maximum atomic E-state index is 13.2. The molecule has 0 fully saturated rings. The lowest BCUT2D eigenvalue weighted by atomic mass is 10.2. The fourth-order valence-electron chi connectivity index (χ4n) is 2.70. The van der Waals surface area contributed by atoms with E-state index in [1.165, 1.54) is 11.3 Å². The van der Waals surface area contributed by atoms with Gasteiger partial charge >= 0.3 is 0 Å². The van der Waals surface area contributed by atoms with Crippen molar-refractivity contribution < 1.29 is 9.21 Å². The van der Waals surface area contributed by atoms with Gasteiger partial charge in [-0.3, -0.25) is 9.69 Å². The zero-order valence-corrected chi connectivity index (χ0v) is 16.8. The predicted octanol–water partition coefficient (Wildman–Crippen LogP) is 6.56. The molecule has 4 aromatic rings. The first-order chi connectivity index (χ1) is 13.6. The summed E-state index contributed by atoms with van der Waals surface area (Å²) in [5, 5.41) is 3.66. The minimum atomic E-state index is -0.198. The number of carbonyl (C=O) groups is 1. The normalized spacial score (nSPS) is 10.8. The second kappa shape index (κ2) is 8.19. The van der Waals surface area contributed by atoms with Crippen molar-refractivity contribution in [2.24, 2.45) is 0 Å². The van der Waals surface area contributed by atoms with Gasteiger partial charge in [-0.1, -0.05) is 41.4 Å². The first-order valence-corrected chi connectivity index (χ1v) is 10.0. The van der Waals surface area contributed by atoms with E-state index in [0.29, 0.717) is 26.5 Å². The summed E-state index contributed by atoms with van der Waals surface area (Å²) in [6.45, 7) is 0.270. The number of thiazole rings is 1. The molecule has 0 aliphatic heterocycles. The zero-order chi connectivity index (χ0) is 19.5. The molecule has 28 heavy (non-hydrogen) atoms. The van der Waals surface area contributed by atoms with Crippen LogP contribution in [0.4, 0.5) is 5.13 Å². The number of hydrogen-bond donors (Lipinski definition) is 0. The lowest BCUT2D eigenvalue weighted by molar-refractivity contribution is 0.0983. The third-order valence-electron chi connectivity index (χ3n) is 4.07. The molecule has 0 bridgehead atoms. The molecule has 4 rings (SSSR count). The quantitative estimate of drug-likeness (QED) is 0.361. The van der Waals surface area contributed by atoms with E-state index in [0.717, 1.165) is 11.3 Å². The number of rotatable bonds is 5. The van der Waals surface area contributed by atoms with Crippen LogP contribution in [0.15, 0.2) is 76.7 Å². The predicted molar refractivity (Wildman–Crippen MR) is 113 cm³/mol. The monoisotopic (exact) mass is 428 g/mol. The fraction of sp³-hybridized carbons (Fsp3) is 0.0476. The Kier molecular flexibility index (Phi) is 5.48. The molecule has 0 saturated heterocycles. The van der Waals surface area contributed by atoms with Gasteiger partial charge in [-0.25, -0.2) is 4.98 Å². The number of furan rings is 1. The SMILES string of the molecule is O=C(c1cccc(Cl)c1)N(Cc1ccco1)c1nc(-c2ccc(Cl)cc2)cs1. The first kappa shape index (κ1) is 18.7. The van der Waals surface area contributed by atoms with Crippen LogP contribution in [0.25, 0.3) is 11.3 Å². The van der Waals surface area contributed by atoms with Crippen molar-refractivity contribution in [1.29, 1.82) is 0 Å². The Morgan fingerprint density at radius 3 is 2.57 bits per heavy atom. The smallest absolute Gasteiger partial charge is 0.260 e. The fourth-order valence-corrected chi connectivity index (χ4v) is 3.85. The standard InChI is InChI=1S/C21H14Cl2N2O2S/c22-16-8-6-14(7-9-16)19-13-28-21(24-19)25(12-18-5-2-10-27-18)20(26)15-3-1-4-17(23)11-15/h1-11,13H,12H2. The number of amides is 1. The van der Waals surface area contributed by atoms with Crippen LogP contribution in [0, 0.1) is 0 Å². The van der Waals surface area contributed by atoms with Gasteiger partial charge in [-0.05, 0) is 42.5 Å². The zero-order valence-electron chi connectivity index (χ0n) is 14.5. The molecule has 0 N–H and O–H groups in total. The van der Waals surface area contributed by atoms with Crippen molar-refractivity contribution in [2.75, 3.05) is 4.90 Å². The molecule has 0 atom stereocenters. The summed E-state index contributed by atoms with van der Waals surface area (Å²) < 4.78 is 5.44. The molecule has 1 amide bonds. The number of halogens is 2. The molecule has 0 unspecified atom stereocenters. The maximum Gasteiger partial charge on any atom is 0.260 e. The van der Waals surface area contributed by atoms with Gasteiger partial charge in [0.2, 0.25) is 0 Å². The van der Waals surface area contributed by atoms with Crippen molar-refractivity contribution in [3.05, 3.63) is 93.7 Å². The van der Waals surface area contributed by atoms with Crippen LogP contribution in [0.1, 0.15) is 16.1 Å². The Balaban J connectivity index is 1.69. The minimum absolute atomic E-state index is 0.198. The molecule has 0 spiro atoms. The molecule has 0 saturated carbocycles. The molecule has 2 aromatic heterocycles. The van der Waals surface area contributed by atoms with E-state index in [4.69, 9.17) is 27.6 Å². The number of nitrogens with zero attached hydrogens (tertiary/aromatic N) is 2. The summed E-state index contributed by atoms with van der Waals surface area (Å²) in [6.07, 6.45) is 1.58. The van der Waals surface area contributed by atoms with E-state index in [2.05, 4.69) is 4.98 Å². The van der Waals surface area contributed by atoms with Crippen LogP contribution < -0.4 is 4.90 Å². The topological polar surface area (TPSA) is 46.3 Å². The average Bonchev–Trinajstić information content (AvgIpc) is 3.38. The van der Waals surface area contributed by atoms with Crippen molar-refractivity contribution >= 4 is 45.6 Å². The molecule has 4 nitrogen and oxygen atoms in total. The van der Waals surface area contributed by atoms with Crippen LogP contribution in [0.5, 0.6) is 0 Å². The van der Waals surface area contributed by atoms with Crippen LogP contribution in [0.2, 0.25) is 10.0 Å². The summed E-state index contributed by atoms with van der Waals surface area (Å²) >= 11 is 13.4. The summed E-state index contributed by atoms with van der Waals surface area (Å²) in [7, 11) is 0. The molecular formula is C21H14Cl2N2O2S. The van der Waals surface area contributed by atoms with Gasteiger partial charge in [-0.15, -0.1) is 11.3 Å². The number of hydrogen-bond acceptors (Lipinski definition) is 4. The Hall–Kier alpha value is -2.60. The Bertz CT molecular complexity index is 1090. The largest absolute Gasteiger partial charge is 0.467 e. The van der Waals surface area contributed by atoms with E-state index in [1.807, 2.05) is 35.7 Å². The van der Waals surface area contributed by atoms with Crippen LogP contribution >= 0.6 is 34.5 Å². The molecule has 140 valence electrons. The summed E-state index contributed by atoms with van der Waals surface area (Å²) in [6, 6.07) is 17.9. The van der Waals surface area contributed by atoms with Gasteiger partial charge in [0.1, 0.15) is 5.76 Å². The van der Waals surface area contributed by atoms with E-state index in [1.54, 1.807) is 41.5 Å². The second-order valence-electron chi connectivity index (χ2n) is 6.00. The molecule has 7 heteroatoms. The van der Waals surface area contributed by atoms with Crippen molar-refractivity contribution in [3.63, 3.8) is 0 Å². The van der Waals surface area contributed by atoms with Gasteiger partial charge in [0.15, 0.2) is 5.13 Å². The van der Waals surface area contributed by atoms with Gasteiger partial charge in [0.05, 0.1) is 18.5 Å². The summed E-state index contributed by atoms with van der Waals surface area (Å²) in [4.78, 5) is 19.4. The second-order valence-corrected chi connectivity index (χ2v) is 7.71. The van der Waals surface area contributed by atoms with Crippen LogP contribution in [-0.4, -0.2) is 10.9 Å². The first-order valence-electron chi connectivity index (χ1n) is 8.41. The molecule has 0 aliphatic carbocycles. The highest BCUT2D eigenvalue weighted by atomic mass is 35.5. The average molecular weight is 429 g/mol. The number of aromatic nitrogens is 1. The summed E-state index contributed by atoms with van der Waals surface area (Å²) in [5.41, 5.74) is 2.20. The molecular weight excluding hydrogens is 415 g/mol. The van der Waals surface area contributed by atoms with Crippen LogP contribution in [0.3, 0.4) is 0 Å². The van der Waals surface area contributed by atoms with E-state index >= 15 is 0 Å². The molecule has 0 radical (unpaired) electrons.